The van der Waals surface area contributed by atoms with E-state index in [1.807, 2.05) is 18.2 Å². The van der Waals surface area contributed by atoms with E-state index < -0.39 is 0 Å². The minimum atomic E-state index is -0.0537. The lowest BCUT2D eigenvalue weighted by Gasteiger charge is -2.30. The van der Waals surface area contributed by atoms with E-state index in [4.69, 9.17) is 9.47 Å². The van der Waals surface area contributed by atoms with Gasteiger partial charge in [-0.05, 0) is 44.5 Å². The first kappa shape index (κ1) is 21.4. The van der Waals surface area contributed by atoms with Gasteiger partial charge in [0.25, 0.3) is 0 Å². The van der Waals surface area contributed by atoms with E-state index >= 15 is 0 Å². The average molecular weight is 404 g/mol. The second-order valence-corrected chi connectivity index (χ2v) is 7.81. The van der Waals surface area contributed by atoms with E-state index in [9.17, 15) is 9.59 Å². The Morgan fingerprint density at radius 3 is 2.62 bits per heavy atom. The number of amides is 2. The predicted molar refractivity (Wildman–Crippen MR) is 112 cm³/mol. The number of carbonyl (C=O) groups is 2. The number of unbranched alkanes of at least 4 members (excludes halogenated alkanes) is 2. The van der Waals surface area contributed by atoms with Crippen LogP contribution >= 0.6 is 0 Å². The van der Waals surface area contributed by atoms with Gasteiger partial charge in [0.05, 0.1) is 19.8 Å². The zero-order valence-electron chi connectivity index (χ0n) is 17.4. The fraction of sp³-hybridized carbons (Fsp3) is 0.636. The van der Waals surface area contributed by atoms with Crippen LogP contribution in [-0.2, 0) is 9.59 Å². The van der Waals surface area contributed by atoms with Gasteiger partial charge in [0.15, 0.2) is 11.5 Å². The number of nitrogens with one attached hydrogen (secondary N) is 2. The maximum atomic E-state index is 12.4. The number of anilines is 1. The third kappa shape index (κ3) is 6.63. The molecule has 2 heterocycles. The number of piperidine rings is 1. The number of benzene rings is 1. The number of likely N-dealkylation sites (tertiary alicyclic amines) is 1. The number of hydrogen-bond acceptors (Lipinski definition) is 5. The summed E-state index contributed by atoms with van der Waals surface area (Å²) in [6, 6.07) is 5.48. The van der Waals surface area contributed by atoms with Crippen molar-refractivity contribution in [1.29, 1.82) is 0 Å². The first-order valence-electron chi connectivity index (χ1n) is 10.8. The monoisotopic (exact) mass is 403 g/mol. The van der Waals surface area contributed by atoms with Crippen molar-refractivity contribution in [3.63, 3.8) is 0 Å². The third-order valence-electron chi connectivity index (χ3n) is 5.44. The Hall–Kier alpha value is -2.28. The Kier molecular flexibility index (Phi) is 8.16. The molecule has 2 aliphatic rings. The van der Waals surface area contributed by atoms with E-state index in [1.54, 1.807) is 0 Å². The highest BCUT2D eigenvalue weighted by Gasteiger charge is 2.25. The number of hydrogen-bond donors (Lipinski definition) is 2. The van der Waals surface area contributed by atoms with Crippen LogP contribution in [0.15, 0.2) is 18.2 Å². The van der Waals surface area contributed by atoms with Crippen molar-refractivity contribution in [3.05, 3.63) is 18.2 Å². The Labute approximate surface area is 173 Å². The molecule has 7 nitrogen and oxygen atoms in total. The van der Waals surface area contributed by atoms with Gasteiger partial charge in [-0.3, -0.25) is 14.5 Å². The Bertz CT molecular complexity index is 687. The molecule has 0 spiro atoms. The Morgan fingerprint density at radius 1 is 1.10 bits per heavy atom. The van der Waals surface area contributed by atoms with Crippen molar-refractivity contribution in [3.8, 4) is 11.5 Å². The fourth-order valence-electron chi connectivity index (χ4n) is 3.73. The average Bonchev–Trinajstić information content (AvgIpc) is 2.96. The van der Waals surface area contributed by atoms with Gasteiger partial charge in [-0.2, -0.15) is 0 Å². The van der Waals surface area contributed by atoms with Crippen molar-refractivity contribution in [1.82, 2.24) is 10.2 Å². The van der Waals surface area contributed by atoms with E-state index in [2.05, 4.69) is 22.5 Å². The zero-order chi connectivity index (χ0) is 20.5. The Morgan fingerprint density at radius 2 is 1.86 bits per heavy atom. The Balaban J connectivity index is 1.40. The summed E-state index contributed by atoms with van der Waals surface area (Å²) in [4.78, 5) is 26.8. The molecule has 0 bridgehead atoms. The van der Waals surface area contributed by atoms with Crippen molar-refractivity contribution >= 4 is 17.5 Å². The molecule has 0 aliphatic carbocycles. The van der Waals surface area contributed by atoms with E-state index in [0.717, 1.165) is 63.9 Å². The van der Waals surface area contributed by atoms with Crippen LogP contribution in [0.1, 0.15) is 45.4 Å². The smallest absolute Gasteiger partial charge is 0.238 e. The fourth-order valence-corrected chi connectivity index (χ4v) is 3.73. The van der Waals surface area contributed by atoms with Crippen LogP contribution < -0.4 is 20.1 Å². The van der Waals surface area contributed by atoms with Crippen molar-refractivity contribution < 1.29 is 19.1 Å². The van der Waals surface area contributed by atoms with Crippen molar-refractivity contribution in [2.24, 2.45) is 5.92 Å². The summed E-state index contributed by atoms with van der Waals surface area (Å²) >= 11 is 0. The molecule has 1 aromatic rings. The molecule has 160 valence electrons. The maximum Gasteiger partial charge on any atom is 0.238 e. The lowest BCUT2D eigenvalue weighted by Crippen LogP contribution is -2.43. The molecule has 0 atom stereocenters. The molecular weight excluding hydrogens is 370 g/mol. The molecule has 0 unspecified atom stereocenters. The SMILES string of the molecule is CCCCCNC(=O)C1CCN(CC(=O)Nc2ccc3c(c2)OCCCO3)CC1. The second-order valence-electron chi connectivity index (χ2n) is 7.81. The molecule has 1 aromatic carbocycles. The summed E-state index contributed by atoms with van der Waals surface area (Å²) < 4.78 is 11.3. The molecule has 2 aliphatic heterocycles. The quantitative estimate of drug-likeness (QED) is 0.653. The first-order chi connectivity index (χ1) is 14.2. The summed E-state index contributed by atoms with van der Waals surface area (Å²) in [6.07, 6.45) is 5.80. The number of rotatable bonds is 8. The molecule has 2 amide bonds. The highest BCUT2D eigenvalue weighted by atomic mass is 16.5. The van der Waals surface area contributed by atoms with Gasteiger partial charge in [0.1, 0.15) is 0 Å². The summed E-state index contributed by atoms with van der Waals surface area (Å²) in [5, 5.41) is 5.98. The van der Waals surface area contributed by atoms with Gasteiger partial charge >= 0.3 is 0 Å². The van der Waals surface area contributed by atoms with Crippen LogP contribution in [0.4, 0.5) is 5.69 Å². The molecule has 0 radical (unpaired) electrons. The predicted octanol–water partition coefficient (Wildman–Crippen LogP) is 2.80. The number of ether oxygens (including phenoxy) is 2. The molecule has 7 heteroatoms. The minimum Gasteiger partial charge on any atom is -0.490 e. The summed E-state index contributed by atoms with van der Waals surface area (Å²) in [6.45, 7) is 6.05. The number of nitrogens with zero attached hydrogens (tertiary/aromatic N) is 1. The van der Waals surface area contributed by atoms with Gasteiger partial charge in [-0.1, -0.05) is 19.8 Å². The van der Waals surface area contributed by atoms with E-state index in [0.29, 0.717) is 31.2 Å². The normalized spacial score (nSPS) is 17.4. The first-order valence-corrected chi connectivity index (χ1v) is 10.8. The van der Waals surface area contributed by atoms with Crippen LogP contribution in [0.25, 0.3) is 0 Å². The third-order valence-corrected chi connectivity index (χ3v) is 5.44. The van der Waals surface area contributed by atoms with Gasteiger partial charge < -0.3 is 20.1 Å². The standard InChI is InChI=1S/C22H33N3O4/c1-2-3-4-10-23-22(27)17-8-11-25(12-9-17)16-21(26)24-18-6-7-19-20(15-18)29-14-5-13-28-19/h6-7,15,17H,2-5,8-14,16H2,1H3,(H,23,27)(H,24,26). The van der Waals surface area contributed by atoms with Gasteiger partial charge in [0, 0.05) is 30.6 Å². The highest BCUT2D eigenvalue weighted by molar-refractivity contribution is 5.92. The second kappa shape index (κ2) is 11.0. The molecular formula is C22H33N3O4. The molecule has 29 heavy (non-hydrogen) atoms. The summed E-state index contributed by atoms with van der Waals surface area (Å²) in [5.41, 5.74) is 0.709. The van der Waals surface area contributed by atoms with Crippen LogP contribution in [0.3, 0.4) is 0 Å². The van der Waals surface area contributed by atoms with E-state index in [-0.39, 0.29) is 17.7 Å². The van der Waals surface area contributed by atoms with Crippen molar-refractivity contribution in [2.45, 2.75) is 45.4 Å². The summed E-state index contributed by atoms with van der Waals surface area (Å²) in [5.74, 6) is 1.57. The van der Waals surface area contributed by atoms with Gasteiger partial charge in [0.2, 0.25) is 11.8 Å². The van der Waals surface area contributed by atoms with Gasteiger partial charge in [-0.25, -0.2) is 0 Å². The molecule has 1 saturated heterocycles. The highest BCUT2D eigenvalue weighted by Crippen LogP contribution is 2.32. The minimum absolute atomic E-state index is 0.0537. The van der Waals surface area contributed by atoms with Crippen LogP contribution in [0, 0.1) is 5.92 Å². The van der Waals surface area contributed by atoms with Crippen LogP contribution in [0.2, 0.25) is 0 Å². The maximum absolute atomic E-state index is 12.4. The van der Waals surface area contributed by atoms with E-state index in [1.165, 1.54) is 0 Å². The topological polar surface area (TPSA) is 79.9 Å². The number of carbonyl (C=O) groups excluding carboxylic acids is 2. The molecule has 0 saturated carbocycles. The largest absolute Gasteiger partial charge is 0.490 e. The summed E-state index contributed by atoms with van der Waals surface area (Å²) in [7, 11) is 0. The van der Waals surface area contributed by atoms with Gasteiger partial charge in [-0.15, -0.1) is 0 Å². The van der Waals surface area contributed by atoms with Crippen LogP contribution in [-0.4, -0.2) is 56.1 Å². The number of fused-ring (bicyclic) bond motifs is 1. The molecule has 2 N–H and O–H groups in total. The molecule has 1 fully saturated rings. The lowest BCUT2D eigenvalue weighted by molar-refractivity contribution is -0.126. The molecule has 3 rings (SSSR count). The van der Waals surface area contributed by atoms with Crippen LogP contribution in [0.5, 0.6) is 11.5 Å². The molecule has 0 aromatic heterocycles. The zero-order valence-corrected chi connectivity index (χ0v) is 17.4. The lowest BCUT2D eigenvalue weighted by atomic mass is 9.96. The van der Waals surface area contributed by atoms with Crippen molar-refractivity contribution in [2.75, 3.05) is 44.7 Å².